The summed E-state index contributed by atoms with van der Waals surface area (Å²) in [7, 11) is 1.41. The summed E-state index contributed by atoms with van der Waals surface area (Å²) < 4.78 is 16.3. The fourth-order valence-corrected chi connectivity index (χ4v) is 5.62. The van der Waals surface area contributed by atoms with Crippen LogP contribution in [-0.4, -0.2) is 70.4 Å². The Bertz CT molecular complexity index is 1130. The van der Waals surface area contributed by atoms with E-state index in [9.17, 15) is 19.5 Å². The summed E-state index contributed by atoms with van der Waals surface area (Å²) in [6.45, 7) is -0.393. The van der Waals surface area contributed by atoms with Gasteiger partial charge in [0.25, 0.3) is 5.91 Å². The van der Waals surface area contributed by atoms with Crippen molar-refractivity contribution in [1.82, 2.24) is 15.1 Å². The molecule has 3 heterocycles. The van der Waals surface area contributed by atoms with Crippen LogP contribution in [0.5, 0.6) is 17.2 Å². The first-order valence-corrected chi connectivity index (χ1v) is 12.3. The van der Waals surface area contributed by atoms with Crippen LogP contribution in [0.2, 0.25) is 0 Å². The summed E-state index contributed by atoms with van der Waals surface area (Å²) in [6.07, 6.45) is 6.85. The zero-order valence-corrected chi connectivity index (χ0v) is 20.1. The number of aromatic amines is 1. The molecular formula is C25H30N4O7. The van der Waals surface area contributed by atoms with Gasteiger partial charge in [-0.2, -0.15) is 5.10 Å². The van der Waals surface area contributed by atoms with Crippen molar-refractivity contribution in [3.05, 3.63) is 29.5 Å². The number of fused-ring (bicyclic) bond motifs is 2. The molecule has 11 nitrogen and oxygen atoms in total. The number of aromatic nitrogens is 2. The maximum atomic E-state index is 12.7. The smallest absolute Gasteiger partial charge is 0.410 e. The van der Waals surface area contributed by atoms with Crippen LogP contribution in [0, 0.1) is 0 Å². The lowest BCUT2D eigenvalue weighted by Crippen LogP contribution is -2.37. The number of aromatic hydroxyl groups is 1. The van der Waals surface area contributed by atoms with Gasteiger partial charge in [0.1, 0.15) is 23.4 Å². The minimum absolute atomic E-state index is 0.0354. The van der Waals surface area contributed by atoms with Crippen molar-refractivity contribution >= 4 is 24.1 Å². The highest BCUT2D eigenvalue weighted by Gasteiger charge is 2.44. The van der Waals surface area contributed by atoms with Gasteiger partial charge in [0.2, 0.25) is 0 Å². The Hall–Kier alpha value is -3.76. The first-order valence-electron chi connectivity index (χ1n) is 12.3. The molecule has 1 aromatic heterocycles. The first-order chi connectivity index (χ1) is 17.4. The fourth-order valence-electron chi connectivity index (χ4n) is 5.62. The molecule has 2 saturated heterocycles. The van der Waals surface area contributed by atoms with Crippen molar-refractivity contribution in [3.8, 4) is 17.2 Å². The number of carbonyl (C=O) groups is 3. The maximum Gasteiger partial charge on any atom is 0.410 e. The van der Waals surface area contributed by atoms with E-state index >= 15 is 0 Å². The summed E-state index contributed by atoms with van der Waals surface area (Å²) in [5.41, 5.74) is 0.798. The normalized spacial score (nSPS) is 24.5. The third kappa shape index (κ3) is 4.82. The molecule has 2 amide bonds. The number of methoxy groups -OCH3 is 1. The zero-order valence-electron chi connectivity index (χ0n) is 20.1. The van der Waals surface area contributed by atoms with Crippen LogP contribution < -0.4 is 14.8 Å². The van der Waals surface area contributed by atoms with Crippen molar-refractivity contribution in [2.75, 3.05) is 19.0 Å². The van der Waals surface area contributed by atoms with E-state index in [-0.39, 0.29) is 35.2 Å². The van der Waals surface area contributed by atoms with Gasteiger partial charge in [0, 0.05) is 41.9 Å². The molecule has 3 fully saturated rings. The molecule has 1 aliphatic carbocycles. The number of rotatable bonds is 8. The average molecular weight is 499 g/mol. The number of phenolic OH excluding ortho intramolecular Hbond substituents is 1. The summed E-state index contributed by atoms with van der Waals surface area (Å²) in [5, 5.41) is 19.7. The lowest BCUT2D eigenvalue weighted by Gasteiger charge is -2.23. The number of anilines is 1. The maximum absolute atomic E-state index is 12.7. The van der Waals surface area contributed by atoms with Crippen LogP contribution in [0.3, 0.4) is 0 Å². The number of H-pyrrole nitrogens is 1. The highest BCUT2D eigenvalue weighted by Crippen LogP contribution is 2.40. The van der Waals surface area contributed by atoms with E-state index in [2.05, 4.69) is 15.5 Å². The molecule has 2 aliphatic heterocycles. The topological polar surface area (TPSA) is 143 Å². The number of ether oxygens (including phenoxy) is 3. The molecule has 0 radical (unpaired) electrons. The van der Waals surface area contributed by atoms with Crippen molar-refractivity contribution in [3.63, 3.8) is 0 Å². The van der Waals surface area contributed by atoms with Gasteiger partial charge < -0.3 is 29.5 Å². The Kier molecular flexibility index (Phi) is 6.71. The SMILES string of the molecule is COc1cc(O)c(C=O)c(OCC(=O)Nc2cc(C3CCC(OC(=O)N4C5CCC4CC5)C3)[nH]n2)c1. The van der Waals surface area contributed by atoms with Crippen LogP contribution in [0.15, 0.2) is 18.2 Å². The second kappa shape index (κ2) is 10.1. The van der Waals surface area contributed by atoms with E-state index in [1.165, 1.54) is 19.2 Å². The predicted octanol–water partition coefficient (Wildman–Crippen LogP) is 3.35. The molecular weight excluding hydrogens is 468 g/mol. The monoisotopic (exact) mass is 498 g/mol. The number of nitrogens with one attached hydrogen (secondary N) is 2. The molecule has 5 rings (SSSR count). The van der Waals surface area contributed by atoms with Gasteiger partial charge in [-0.3, -0.25) is 14.7 Å². The Morgan fingerprint density at radius 2 is 1.92 bits per heavy atom. The summed E-state index contributed by atoms with van der Waals surface area (Å²) in [5.74, 6) is 0.0434. The van der Waals surface area contributed by atoms with Gasteiger partial charge in [0.15, 0.2) is 18.7 Å². The average Bonchev–Trinajstić information content (AvgIpc) is 3.67. The molecule has 192 valence electrons. The van der Waals surface area contributed by atoms with E-state index in [0.717, 1.165) is 44.2 Å². The second-order valence-corrected chi connectivity index (χ2v) is 9.61. The second-order valence-electron chi connectivity index (χ2n) is 9.61. The number of hydrogen-bond acceptors (Lipinski definition) is 8. The summed E-state index contributed by atoms with van der Waals surface area (Å²) in [4.78, 5) is 38.3. The quantitative estimate of drug-likeness (QED) is 0.470. The number of nitrogens with zero attached hydrogens (tertiary/aromatic N) is 2. The molecule has 3 N–H and O–H groups in total. The van der Waals surface area contributed by atoms with E-state index in [0.29, 0.717) is 36.4 Å². The van der Waals surface area contributed by atoms with Gasteiger partial charge in [-0.1, -0.05) is 0 Å². The van der Waals surface area contributed by atoms with Gasteiger partial charge in [0.05, 0.1) is 12.7 Å². The Balaban J connectivity index is 1.12. The van der Waals surface area contributed by atoms with Crippen LogP contribution in [0.25, 0.3) is 0 Å². The first kappa shape index (κ1) is 24.0. The molecule has 11 heteroatoms. The van der Waals surface area contributed by atoms with E-state index in [1.807, 2.05) is 4.90 Å². The lowest BCUT2D eigenvalue weighted by molar-refractivity contribution is -0.118. The fraction of sp³-hybridized carbons (Fsp3) is 0.520. The minimum atomic E-state index is -0.481. The molecule has 2 aromatic rings. The molecule has 3 aliphatic rings. The number of phenols is 1. The van der Waals surface area contributed by atoms with Crippen molar-refractivity contribution in [2.45, 2.75) is 69.1 Å². The van der Waals surface area contributed by atoms with Crippen molar-refractivity contribution in [2.24, 2.45) is 0 Å². The number of hydrogen-bond donors (Lipinski definition) is 3. The summed E-state index contributed by atoms with van der Waals surface area (Å²) >= 11 is 0. The van der Waals surface area contributed by atoms with Gasteiger partial charge in [-0.25, -0.2) is 4.79 Å². The minimum Gasteiger partial charge on any atom is -0.507 e. The largest absolute Gasteiger partial charge is 0.507 e. The van der Waals surface area contributed by atoms with Crippen LogP contribution >= 0.6 is 0 Å². The van der Waals surface area contributed by atoms with Gasteiger partial charge in [-0.05, 0) is 44.9 Å². The molecule has 0 spiro atoms. The van der Waals surface area contributed by atoms with E-state index < -0.39 is 12.5 Å². The van der Waals surface area contributed by atoms with E-state index in [4.69, 9.17) is 14.2 Å². The van der Waals surface area contributed by atoms with Gasteiger partial charge in [-0.15, -0.1) is 0 Å². The van der Waals surface area contributed by atoms with Crippen molar-refractivity contribution in [1.29, 1.82) is 0 Å². The van der Waals surface area contributed by atoms with Crippen LogP contribution in [-0.2, 0) is 9.53 Å². The number of aldehydes is 1. The van der Waals surface area contributed by atoms with E-state index in [1.54, 1.807) is 6.07 Å². The molecule has 2 bridgehead atoms. The Morgan fingerprint density at radius 1 is 1.17 bits per heavy atom. The standard InChI is InChI=1S/C25H30N4O7/c1-34-18-9-21(31)19(12-30)22(10-18)35-13-24(32)26-23-11-20(27-28-23)14-2-7-17(8-14)36-25(33)29-15-3-4-16(29)6-5-15/h9-12,14-17,31H,2-8,13H2,1H3,(H2,26,27,28,32). The molecule has 1 aromatic carbocycles. The molecule has 2 atom stereocenters. The highest BCUT2D eigenvalue weighted by molar-refractivity contribution is 5.91. The number of carbonyl (C=O) groups excluding carboxylic acids is 3. The Labute approximate surface area is 208 Å². The lowest BCUT2D eigenvalue weighted by atomic mass is 10.0. The Morgan fingerprint density at radius 3 is 2.61 bits per heavy atom. The predicted molar refractivity (Wildman–Crippen MR) is 128 cm³/mol. The summed E-state index contributed by atoms with van der Waals surface area (Å²) in [6, 6.07) is 5.17. The molecule has 2 unspecified atom stereocenters. The zero-order chi connectivity index (χ0) is 25.2. The van der Waals surface area contributed by atoms with Gasteiger partial charge >= 0.3 is 6.09 Å². The number of amides is 2. The van der Waals surface area contributed by atoms with Crippen LogP contribution in [0.1, 0.15) is 66.9 Å². The van der Waals surface area contributed by atoms with Crippen molar-refractivity contribution < 1.29 is 33.7 Å². The molecule has 1 saturated carbocycles. The highest BCUT2D eigenvalue weighted by atomic mass is 16.6. The third-order valence-electron chi connectivity index (χ3n) is 7.43. The molecule has 36 heavy (non-hydrogen) atoms. The van der Waals surface area contributed by atoms with Crippen LogP contribution in [0.4, 0.5) is 10.6 Å². The number of benzene rings is 1. The third-order valence-corrected chi connectivity index (χ3v) is 7.43.